The van der Waals surface area contributed by atoms with Gasteiger partial charge in [-0.25, -0.2) is 19.9 Å². The third-order valence-electron chi connectivity index (χ3n) is 19.4. The number of ether oxygens (including phenoxy) is 4. The zero-order valence-electron chi connectivity index (χ0n) is 58.4. The Morgan fingerprint density at radius 1 is 0.522 bits per heavy atom. The van der Waals surface area contributed by atoms with Crippen molar-refractivity contribution in [2.45, 2.75) is 218 Å². The third-order valence-corrected chi connectivity index (χ3v) is 27.5. The van der Waals surface area contributed by atoms with Gasteiger partial charge in [0.15, 0.2) is 11.3 Å². The van der Waals surface area contributed by atoms with Crippen LogP contribution in [-0.4, -0.2) is 143 Å². The monoisotopic (exact) mass is 1480 g/mol. The number of anilines is 2. The summed E-state index contributed by atoms with van der Waals surface area (Å²) in [4.78, 5) is 23.2. The van der Waals surface area contributed by atoms with E-state index < -0.39 is 32.3 Å². The maximum absolute atomic E-state index is 6.31. The molecule has 0 aromatic carbocycles. The molecule has 1 aliphatic heterocycles. The van der Waals surface area contributed by atoms with Crippen LogP contribution in [-0.2, 0) is 28.3 Å². The van der Waals surface area contributed by atoms with Crippen LogP contribution < -0.4 is 15.3 Å². The van der Waals surface area contributed by atoms with E-state index in [4.69, 9.17) is 71.6 Å². The highest BCUT2D eigenvalue weighted by atomic mass is 127. The van der Waals surface area contributed by atoms with E-state index in [1.807, 2.05) is 73.5 Å². The SMILES string of the molecule is CC1(C)OB(c2ccc(Cl)nc2)OC1(C)C.C[Si](C)(C)CCOCN(COCC[Si](C)(C)C)c1cc(C2C[C@H]3CC[C@@H](C2)C3)nc2c(-c3ccc(Cl)nc3)cnn12.C[Si](C)(C)CCOCN(COCC[Si](C)(C)C)c1cc(C2C[C@H]3CC[C@@H](C2)C3)nc2c(I)cnn12. The van der Waals surface area contributed by atoms with E-state index in [1.165, 1.54) is 87.7 Å². The van der Waals surface area contributed by atoms with Gasteiger partial charge in [0.25, 0.3) is 0 Å². The molecule has 0 N–H and O–H groups in total. The number of fused-ring (bicyclic) bond motifs is 6. The zero-order chi connectivity index (χ0) is 66.4. The van der Waals surface area contributed by atoms with Crippen LogP contribution in [0, 0.1) is 27.2 Å². The van der Waals surface area contributed by atoms with Gasteiger partial charge in [-0.15, -0.1) is 0 Å². The predicted molar refractivity (Wildman–Crippen MR) is 398 cm³/mol. The Labute approximate surface area is 578 Å². The van der Waals surface area contributed by atoms with Gasteiger partial charge in [-0.1, -0.05) is 134 Å². The van der Waals surface area contributed by atoms with Crippen molar-refractivity contribution >= 4 is 114 Å². The first-order valence-electron chi connectivity index (χ1n) is 34.1. The molecule has 16 nitrogen and oxygen atoms in total. The van der Waals surface area contributed by atoms with Gasteiger partial charge in [0.1, 0.15) is 48.9 Å². The predicted octanol–water partition coefficient (Wildman–Crippen LogP) is 17.3. The molecular weight excluding hydrogens is 1370 g/mol. The molecular formula is C68H108BCl2IN10O6Si4. The number of halogens is 3. The zero-order valence-corrected chi connectivity index (χ0v) is 66.1. The van der Waals surface area contributed by atoms with E-state index in [-0.39, 0.29) is 18.3 Å². The average molecular weight is 1480 g/mol. The first-order chi connectivity index (χ1) is 43.2. The van der Waals surface area contributed by atoms with Crippen LogP contribution >= 0.6 is 45.8 Å². The summed E-state index contributed by atoms with van der Waals surface area (Å²) in [5, 5.41) is 10.5. The van der Waals surface area contributed by atoms with Crippen LogP contribution in [0.25, 0.3) is 22.4 Å². The van der Waals surface area contributed by atoms with Gasteiger partial charge in [-0.3, -0.25) is 0 Å². The molecule has 2 unspecified atom stereocenters. The fourth-order valence-electron chi connectivity index (χ4n) is 13.1. The largest absolute Gasteiger partial charge is 0.496 e. The van der Waals surface area contributed by atoms with E-state index >= 15 is 0 Å². The van der Waals surface area contributed by atoms with Crippen LogP contribution in [0.5, 0.6) is 0 Å². The second-order valence-corrected chi connectivity index (χ2v) is 57.3. The summed E-state index contributed by atoms with van der Waals surface area (Å²) in [6.07, 6.45) is 20.7. The Morgan fingerprint density at radius 2 is 0.902 bits per heavy atom. The lowest BCUT2D eigenvalue weighted by molar-refractivity contribution is 0.00578. The van der Waals surface area contributed by atoms with Gasteiger partial charge in [-0.05, 0) is 155 Å². The average Bonchev–Trinajstić information content (AvgIpc) is 1.66. The Hall–Kier alpha value is -2.86. The van der Waals surface area contributed by atoms with Crippen molar-refractivity contribution in [3.8, 4) is 11.1 Å². The van der Waals surface area contributed by atoms with Crippen molar-refractivity contribution in [3.05, 3.63) is 86.4 Å². The first kappa shape index (κ1) is 73.4. The maximum Gasteiger partial charge on any atom is 0.496 e. The highest BCUT2D eigenvalue weighted by molar-refractivity contribution is 14.1. The van der Waals surface area contributed by atoms with Crippen molar-refractivity contribution in [3.63, 3.8) is 0 Å². The second kappa shape index (κ2) is 31.3. The summed E-state index contributed by atoms with van der Waals surface area (Å²) in [5.41, 5.74) is 6.40. The molecule has 92 heavy (non-hydrogen) atoms. The van der Waals surface area contributed by atoms with E-state index in [0.29, 0.717) is 49.1 Å². The molecule has 5 aliphatic rings. The summed E-state index contributed by atoms with van der Waals surface area (Å²) in [6, 6.07) is 16.6. The van der Waals surface area contributed by atoms with Crippen molar-refractivity contribution in [2.75, 3.05) is 63.2 Å². The molecule has 4 saturated carbocycles. The van der Waals surface area contributed by atoms with Gasteiger partial charge in [0, 0.05) is 123 Å². The molecule has 6 aromatic heterocycles. The smallest absolute Gasteiger partial charge is 0.399 e. The van der Waals surface area contributed by atoms with E-state index in [9.17, 15) is 0 Å². The molecule has 1 saturated heterocycles. The molecule has 0 spiro atoms. The molecule has 0 radical (unpaired) electrons. The summed E-state index contributed by atoms with van der Waals surface area (Å²) < 4.78 is 41.9. The number of rotatable bonds is 26. The lowest BCUT2D eigenvalue weighted by Crippen LogP contribution is -2.41. The Morgan fingerprint density at radius 3 is 1.28 bits per heavy atom. The van der Waals surface area contributed by atoms with Gasteiger partial charge in [0.2, 0.25) is 0 Å². The molecule has 7 heterocycles. The van der Waals surface area contributed by atoms with Gasteiger partial charge < -0.3 is 38.1 Å². The molecule has 24 heteroatoms. The number of aromatic nitrogens is 8. The molecule has 4 bridgehead atoms. The highest BCUT2D eigenvalue weighted by Crippen LogP contribution is 2.50. The molecule has 0 amide bonds. The molecule has 11 rings (SSSR count). The standard InChI is InChI=1S/C31H48ClN5O2Si2.C26H45IN4O2Si2.C11H15BClNO2/c1-40(2,3)13-11-38-21-36(22-39-12-14-41(4,5)6)30-18-28(26-16-23-7-8-24(15-23)17-26)35-31-27(20-34-37(30)31)25-9-10-29(32)33-19-25;1-34(2,3)11-9-32-18-30(19-33-10-12-35(4,5)6)25-16-24(29-26-23(27)17-28-31(25)26)22-14-20-7-8-21(13-20)15-22;1-10(2)11(3,4)16-12(15-10)8-5-6-9(13)14-7-8/h9-10,18-20,23-24,26H,7-8,11-17,21-22H2,1-6H3;16-17,20-22H,7-15,18-19H2,1-6H3;5-7H,1-4H3/t23-,24+,26?;20-,21+,22?;. The van der Waals surface area contributed by atoms with Gasteiger partial charge >= 0.3 is 7.12 Å². The molecule has 5 fully saturated rings. The minimum absolute atomic E-state index is 0.322. The van der Waals surface area contributed by atoms with Crippen LogP contribution in [0.1, 0.15) is 115 Å². The Bertz CT molecular complexity index is 3260. The fraction of sp³-hybridized carbons (Fsp3) is 0.676. The van der Waals surface area contributed by atoms with E-state index in [1.54, 1.807) is 12.3 Å². The molecule has 6 aromatic rings. The van der Waals surface area contributed by atoms with Crippen molar-refractivity contribution in [2.24, 2.45) is 23.7 Å². The van der Waals surface area contributed by atoms with E-state index in [0.717, 1.165) is 105 Å². The Balaban J connectivity index is 0.000000177. The molecule has 4 aliphatic carbocycles. The minimum Gasteiger partial charge on any atom is -0.399 e. The summed E-state index contributed by atoms with van der Waals surface area (Å²) >= 11 is 14.2. The fourth-order valence-corrected chi connectivity index (χ4v) is 16.8. The van der Waals surface area contributed by atoms with Crippen LogP contribution in [0.4, 0.5) is 11.6 Å². The van der Waals surface area contributed by atoms with Crippen LogP contribution in [0.3, 0.4) is 0 Å². The Kier molecular flexibility index (Phi) is 25.0. The molecule has 6 atom stereocenters. The van der Waals surface area contributed by atoms with E-state index in [2.05, 4.69) is 133 Å². The topological polar surface area (TPSA) is 148 Å². The summed E-state index contributed by atoms with van der Waals surface area (Å²) in [6.45, 7) is 41.9. The highest BCUT2D eigenvalue weighted by Gasteiger charge is 2.52. The summed E-state index contributed by atoms with van der Waals surface area (Å²) in [5.74, 6) is 6.48. The molecule has 506 valence electrons. The third kappa shape index (κ3) is 20.8. The van der Waals surface area contributed by atoms with Crippen molar-refractivity contribution < 1.29 is 28.3 Å². The first-order valence-corrected chi connectivity index (χ1v) is 50.7. The number of hydrogen-bond donors (Lipinski definition) is 0. The van der Waals surface area contributed by atoms with Crippen molar-refractivity contribution in [1.82, 2.24) is 39.2 Å². The van der Waals surface area contributed by atoms with Gasteiger partial charge in [0.05, 0.1) is 27.2 Å². The maximum atomic E-state index is 6.31. The van der Waals surface area contributed by atoms with Crippen LogP contribution in [0.2, 0.25) is 113 Å². The minimum atomic E-state index is -1.19. The lowest BCUT2D eigenvalue weighted by Gasteiger charge is -2.32. The quantitative estimate of drug-likeness (QED) is 0.0167. The normalized spacial score (nSPS) is 22.0. The number of hydrogen-bond acceptors (Lipinski definition) is 14. The number of nitrogens with zero attached hydrogens (tertiary/aromatic N) is 10. The van der Waals surface area contributed by atoms with Crippen LogP contribution in [0.15, 0.2) is 61.2 Å². The summed E-state index contributed by atoms with van der Waals surface area (Å²) in [7, 11) is -5.03. The van der Waals surface area contributed by atoms with Crippen molar-refractivity contribution in [1.29, 1.82) is 0 Å². The second-order valence-electron chi connectivity index (χ2n) is 32.9. The number of pyridine rings is 2. The van der Waals surface area contributed by atoms with Gasteiger partial charge in [-0.2, -0.15) is 19.2 Å². The lowest BCUT2D eigenvalue weighted by atomic mass is 9.79.